The van der Waals surface area contributed by atoms with E-state index in [1.165, 1.54) is 18.2 Å². The highest BCUT2D eigenvalue weighted by molar-refractivity contribution is 5.79. The number of methoxy groups -OCH3 is 1. The first-order valence-corrected chi connectivity index (χ1v) is 5.94. The number of hydrogen-bond donors (Lipinski definition) is 1. The molecule has 1 atom stereocenters. The predicted molar refractivity (Wildman–Crippen MR) is 70.4 cm³/mol. The Kier molecular flexibility index (Phi) is 4.55. The second-order valence-corrected chi connectivity index (χ2v) is 4.30. The van der Waals surface area contributed by atoms with Gasteiger partial charge in [0.1, 0.15) is 6.04 Å². The Morgan fingerprint density at radius 1 is 1.35 bits per heavy atom. The number of carbonyl (C=O) groups is 1. The quantitative estimate of drug-likeness (QED) is 0.815. The molecule has 0 aromatic heterocycles. The molecule has 0 heterocycles. The number of rotatable bonds is 4. The summed E-state index contributed by atoms with van der Waals surface area (Å²) >= 11 is 0. The number of anilines is 1. The van der Waals surface area contributed by atoms with Gasteiger partial charge in [-0.3, -0.25) is 0 Å². The second kappa shape index (κ2) is 5.71. The Bertz CT molecular complexity index is 413. The Balaban J connectivity index is 3.05. The van der Waals surface area contributed by atoms with E-state index in [1.807, 2.05) is 13.8 Å². The molecule has 0 aliphatic heterocycles. The van der Waals surface area contributed by atoms with Crippen molar-refractivity contribution in [3.05, 3.63) is 28.8 Å². The molecular formula is C14H21NO2. The molecule has 1 N–H and O–H groups in total. The molecule has 0 radical (unpaired) electrons. The van der Waals surface area contributed by atoms with Gasteiger partial charge >= 0.3 is 5.97 Å². The van der Waals surface area contributed by atoms with E-state index >= 15 is 0 Å². The van der Waals surface area contributed by atoms with Crippen molar-refractivity contribution in [3.63, 3.8) is 0 Å². The summed E-state index contributed by atoms with van der Waals surface area (Å²) in [5.74, 6) is -0.243. The summed E-state index contributed by atoms with van der Waals surface area (Å²) in [6, 6.07) is 3.86. The molecule has 0 spiro atoms. The maximum Gasteiger partial charge on any atom is 0.327 e. The van der Waals surface area contributed by atoms with Gasteiger partial charge in [0.05, 0.1) is 7.11 Å². The van der Waals surface area contributed by atoms with Gasteiger partial charge in [0, 0.05) is 5.69 Å². The van der Waals surface area contributed by atoms with Crippen molar-refractivity contribution in [2.75, 3.05) is 12.4 Å². The maximum atomic E-state index is 11.4. The summed E-state index contributed by atoms with van der Waals surface area (Å²) in [6.45, 7) is 8.07. The summed E-state index contributed by atoms with van der Waals surface area (Å²) in [5.41, 5.74) is 4.73. The number of esters is 1. The van der Waals surface area contributed by atoms with Crippen LogP contribution in [0, 0.1) is 13.8 Å². The van der Waals surface area contributed by atoms with E-state index in [0.29, 0.717) is 0 Å². The number of nitrogens with one attached hydrogen (secondary N) is 1. The molecule has 0 aliphatic rings. The van der Waals surface area contributed by atoms with Gasteiger partial charge in [-0.15, -0.1) is 0 Å². The van der Waals surface area contributed by atoms with Gasteiger partial charge in [-0.1, -0.05) is 19.1 Å². The zero-order valence-corrected chi connectivity index (χ0v) is 11.3. The fourth-order valence-electron chi connectivity index (χ4n) is 1.98. The smallest absolute Gasteiger partial charge is 0.327 e. The van der Waals surface area contributed by atoms with E-state index in [9.17, 15) is 4.79 Å². The molecule has 0 bridgehead atoms. The lowest BCUT2D eigenvalue weighted by molar-refractivity contribution is -0.141. The standard InChI is InChI=1S/C14H21NO2/c1-6-12-9(2)7-8-10(3)13(12)15-11(4)14(16)17-5/h7-8,11,15H,6H2,1-5H3. The van der Waals surface area contributed by atoms with Crippen LogP contribution in [0.15, 0.2) is 12.1 Å². The third-order valence-electron chi connectivity index (χ3n) is 3.02. The number of carbonyl (C=O) groups excluding carboxylic acids is 1. The van der Waals surface area contributed by atoms with E-state index in [-0.39, 0.29) is 12.0 Å². The largest absolute Gasteiger partial charge is 0.467 e. The van der Waals surface area contributed by atoms with Gasteiger partial charge in [-0.25, -0.2) is 4.79 Å². The minimum Gasteiger partial charge on any atom is -0.467 e. The van der Waals surface area contributed by atoms with E-state index in [1.54, 1.807) is 0 Å². The molecule has 0 saturated carbocycles. The molecular weight excluding hydrogens is 214 g/mol. The molecule has 1 aromatic rings. The van der Waals surface area contributed by atoms with Crippen LogP contribution in [-0.4, -0.2) is 19.1 Å². The lowest BCUT2D eigenvalue weighted by atomic mass is 9.99. The zero-order chi connectivity index (χ0) is 13.0. The van der Waals surface area contributed by atoms with Crippen LogP contribution in [0.25, 0.3) is 0 Å². The van der Waals surface area contributed by atoms with E-state index in [4.69, 9.17) is 4.74 Å². The third kappa shape index (κ3) is 2.99. The zero-order valence-electron chi connectivity index (χ0n) is 11.3. The normalized spacial score (nSPS) is 12.1. The fraction of sp³-hybridized carbons (Fsp3) is 0.500. The van der Waals surface area contributed by atoms with Crippen LogP contribution < -0.4 is 5.32 Å². The van der Waals surface area contributed by atoms with Crippen LogP contribution in [-0.2, 0) is 16.0 Å². The Morgan fingerprint density at radius 3 is 2.47 bits per heavy atom. The lowest BCUT2D eigenvalue weighted by Gasteiger charge is -2.19. The Hall–Kier alpha value is -1.51. The lowest BCUT2D eigenvalue weighted by Crippen LogP contribution is -2.28. The molecule has 3 nitrogen and oxygen atoms in total. The van der Waals surface area contributed by atoms with E-state index < -0.39 is 0 Å². The van der Waals surface area contributed by atoms with Gasteiger partial charge in [0.15, 0.2) is 0 Å². The van der Waals surface area contributed by atoms with Crippen LogP contribution in [0.2, 0.25) is 0 Å². The predicted octanol–water partition coefficient (Wildman–Crippen LogP) is 2.84. The van der Waals surface area contributed by atoms with Crippen molar-refractivity contribution in [2.24, 2.45) is 0 Å². The summed E-state index contributed by atoms with van der Waals surface area (Å²) in [7, 11) is 1.41. The molecule has 94 valence electrons. The van der Waals surface area contributed by atoms with Gasteiger partial charge in [0.2, 0.25) is 0 Å². The average Bonchev–Trinajstić information content (AvgIpc) is 2.33. The molecule has 0 fully saturated rings. The Labute approximate surface area is 103 Å². The molecule has 0 aliphatic carbocycles. The first kappa shape index (κ1) is 13.6. The first-order chi connectivity index (χ1) is 8.01. The number of ether oxygens (including phenoxy) is 1. The topological polar surface area (TPSA) is 38.3 Å². The van der Waals surface area contributed by atoms with Crippen molar-refractivity contribution >= 4 is 11.7 Å². The van der Waals surface area contributed by atoms with E-state index in [0.717, 1.165) is 17.7 Å². The molecule has 1 unspecified atom stereocenters. The van der Waals surface area contributed by atoms with Crippen molar-refractivity contribution in [1.29, 1.82) is 0 Å². The van der Waals surface area contributed by atoms with E-state index in [2.05, 4.69) is 31.3 Å². The molecule has 17 heavy (non-hydrogen) atoms. The number of hydrogen-bond acceptors (Lipinski definition) is 3. The van der Waals surface area contributed by atoms with Gasteiger partial charge in [-0.2, -0.15) is 0 Å². The SMILES string of the molecule is CCc1c(C)ccc(C)c1NC(C)C(=O)OC. The molecule has 1 rings (SSSR count). The van der Waals surface area contributed by atoms with Crippen LogP contribution in [0.5, 0.6) is 0 Å². The van der Waals surface area contributed by atoms with Crippen molar-refractivity contribution in [2.45, 2.75) is 40.2 Å². The van der Waals surface area contributed by atoms with Crippen molar-refractivity contribution in [1.82, 2.24) is 0 Å². The first-order valence-electron chi connectivity index (χ1n) is 5.94. The summed E-state index contributed by atoms with van der Waals surface area (Å²) in [5, 5.41) is 3.25. The minimum atomic E-state index is -0.328. The summed E-state index contributed by atoms with van der Waals surface area (Å²) in [6.07, 6.45) is 0.948. The summed E-state index contributed by atoms with van der Waals surface area (Å²) < 4.78 is 4.73. The second-order valence-electron chi connectivity index (χ2n) is 4.30. The van der Waals surface area contributed by atoms with Crippen molar-refractivity contribution < 1.29 is 9.53 Å². The monoisotopic (exact) mass is 235 g/mol. The number of benzene rings is 1. The van der Waals surface area contributed by atoms with Crippen LogP contribution in [0.4, 0.5) is 5.69 Å². The van der Waals surface area contributed by atoms with Crippen molar-refractivity contribution in [3.8, 4) is 0 Å². The highest BCUT2D eigenvalue weighted by atomic mass is 16.5. The third-order valence-corrected chi connectivity index (χ3v) is 3.02. The molecule has 0 saturated heterocycles. The maximum absolute atomic E-state index is 11.4. The minimum absolute atomic E-state index is 0.243. The van der Waals surface area contributed by atoms with Gasteiger partial charge in [0.25, 0.3) is 0 Å². The van der Waals surface area contributed by atoms with Gasteiger partial charge < -0.3 is 10.1 Å². The highest BCUT2D eigenvalue weighted by Gasteiger charge is 2.16. The van der Waals surface area contributed by atoms with Crippen LogP contribution in [0.3, 0.4) is 0 Å². The fourth-order valence-corrected chi connectivity index (χ4v) is 1.98. The summed E-state index contributed by atoms with van der Waals surface area (Å²) in [4.78, 5) is 11.4. The Morgan fingerprint density at radius 2 is 1.94 bits per heavy atom. The average molecular weight is 235 g/mol. The molecule has 1 aromatic carbocycles. The van der Waals surface area contributed by atoms with Crippen LogP contribution >= 0.6 is 0 Å². The van der Waals surface area contributed by atoms with Gasteiger partial charge in [-0.05, 0) is 43.9 Å². The number of aryl methyl sites for hydroxylation is 2. The van der Waals surface area contributed by atoms with Crippen LogP contribution in [0.1, 0.15) is 30.5 Å². The molecule has 0 amide bonds. The molecule has 3 heteroatoms. The highest BCUT2D eigenvalue weighted by Crippen LogP contribution is 2.25.